The highest BCUT2D eigenvalue weighted by molar-refractivity contribution is 5.95. The number of nitrogens with two attached hydrogens (primary N) is 1. The van der Waals surface area contributed by atoms with Crippen molar-refractivity contribution in [1.29, 1.82) is 0 Å². The van der Waals surface area contributed by atoms with Crippen molar-refractivity contribution in [3.8, 4) is 5.75 Å². The summed E-state index contributed by atoms with van der Waals surface area (Å²) in [6.45, 7) is 5.16. The lowest BCUT2D eigenvalue weighted by atomic mass is 10.1. The number of carbonyl (C=O) groups excluding carboxylic acids is 1. The van der Waals surface area contributed by atoms with E-state index in [1.165, 1.54) is 6.42 Å². The number of hydrogen-bond acceptors (Lipinski definition) is 3. The van der Waals surface area contributed by atoms with Crippen LogP contribution in [0.15, 0.2) is 18.2 Å². The first-order valence-corrected chi connectivity index (χ1v) is 6.15. The lowest BCUT2D eigenvalue weighted by molar-refractivity contribution is 0.0950. The van der Waals surface area contributed by atoms with Crippen molar-refractivity contribution in [3.63, 3.8) is 0 Å². The lowest BCUT2D eigenvalue weighted by Gasteiger charge is -2.08. The molecule has 1 amide bonds. The zero-order chi connectivity index (χ0) is 13.3. The average Bonchev–Trinajstić information content (AvgIpc) is 2.93. The first-order valence-electron chi connectivity index (χ1n) is 6.15. The summed E-state index contributed by atoms with van der Waals surface area (Å²) in [6.07, 6.45) is 1.17. The highest BCUT2D eigenvalue weighted by Crippen LogP contribution is 2.50. The second-order valence-electron chi connectivity index (χ2n) is 5.59. The molecule has 0 spiro atoms. The van der Waals surface area contributed by atoms with Crippen LogP contribution < -0.4 is 15.8 Å². The molecule has 0 saturated heterocycles. The summed E-state index contributed by atoms with van der Waals surface area (Å²) in [5.74, 6) is 1.10. The number of benzene rings is 1. The number of nitrogen functional groups attached to an aromatic ring is 1. The molecule has 1 fully saturated rings. The molecule has 1 aliphatic carbocycles. The molecule has 0 heterocycles. The molecule has 3 N–H and O–H groups in total. The van der Waals surface area contributed by atoms with Crippen LogP contribution >= 0.6 is 0 Å². The maximum atomic E-state index is 12.0. The van der Waals surface area contributed by atoms with Gasteiger partial charge in [-0.3, -0.25) is 4.79 Å². The molecule has 2 rings (SSSR count). The van der Waals surface area contributed by atoms with Crippen LogP contribution in [0.25, 0.3) is 0 Å². The zero-order valence-electron chi connectivity index (χ0n) is 11.1. The second-order valence-corrected chi connectivity index (χ2v) is 5.59. The van der Waals surface area contributed by atoms with Crippen molar-refractivity contribution in [2.75, 3.05) is 19.4 Å². The smallest absolute Gasteiger partial charge is 0.251 e. The van der Waals surface area contributed by atoms with E-state index in [0.717, 1.165) is 6.54 Å². The molecule has 0 bridgehead atoms. The summed E-state index contributed by atoms with van der Waals surface area (Å²) in [4.78, 5) is 12.0. The molecule has 18 heavy (non-hydrogen) atoms. The predicted octanol–water partition coefficient (Wildman–Crippen LogP) is 2.05. The number of amides is 1. The van der Waals surface area contributed by atoms with Gasteiger partial charge in [0.25, 0.3) is 5.91 Å². The van der Waals surface area contributed by atoms with Crippen LogP contribution in [0.2, 0.25) is 0 Å². The Balaban J connectivity index is 1.98. The van der Waals surface area contributed by atoms with E-state index in [1.54, 1.807) is 25.3 Å². The minimum atomic E-state index is -0.0942. The zero-order valence-corrected chi connectivity index (χ0v) is 11.1. The number of rotatable bonds is 4. The van der Waals surface area contributed by atoms with Gasteiger partial charge in [-0.2, -0.15) is 0 Å². The number of ether oxygens (including phenoxy) is 1. The standard InChI is InChI=1S/C14H20N2O2/c1-14(2)7-10(14)8-16-13(17)9-4-11(15)6-12(5-9)18-3/h4-6,10H,7-8,15H2,1-3H3,(H,16,17). The Morgan fingerprint density at radius 2 is 2.17 bits per heavy atom. The van der Waals surface area contributed by atoms with Gasteiger partial charge in [0.1, 0.15) is 5.75 Å². The van der Waals surface area contributed by atoms with Gasteiger partial charge < -0.3 is 15.8 Å². The average molecular weight is 248 g/mol. The molecule has 1 aliphatic rings. The van der Waals surface area contributed by atoms with E-state index in [9.17, 15) is 4.79 Å². The third kappa shape index (κ3) is 2.75. The van der Waals surface area contributed by atoms with Gasteiger partial charge in [-0.25, -0.2) is 0 Å². The third-order valence-corrected chi connectivity index (χ3v) is 3.65. The minimum absolute atomic E-state index is 0.0942. The Hall–Kier alpha value is -1.71. The van der Waals surface area contributed by atoms with Gasteiger partial charge in [0.2, 0.25) is 0 Å². The molecule has 98 valence electrons. The quantitative estimate of drug-likeness (QED) is 0.802. The van der Waals surface area contributed by atoms with Crippen LogP contribution in [-0.2, 0) is 0 Å². The van der Waals surface area contributed by atoms with Crippen LogP contribution in [0.1, 0.15) is 30.6 Å². The number of carbonyl (C=O) groups is 1. The summed E-state index contributed by atoms with van der Waals surface area (Å²) in [7, 11) is 1.56. The fourth-order valence-electron chi connectivity index (χ4n) is 2.11. The largest absolute Gasteiger partial charge is 0.497 e. The second kappa shape index (κ2) is 4.52. The minimum Gasteiger partial charge on any atom is -0.497 e. The molecule has 1 saturated carbocycles. The monoisotopic (exact) mass is 248 g/mol. The summed E-state index contributed by atoms with van der Waals surface area (Å²) >= 11 is 0. The number of methoxy groups -OCH3 is 1. The summed E-state index contributed by atoms with van der Waals surface area (Å²) in [5.41, 5.74) is 7.18. The van der Waals surface area contributed by atoms with Crippen LogP contribution in [-0.4, -0.2) is 19.6 Å². The molecule has 4 heteroatoms. The van der Waals surface area contributed by atoms with Gasteiger partial charge in [0, 0.05) is 23.9 Å². The maximum absolute atomic E-state index is 12.0. The SMILES string of the molecule is COc1cc(N)cc(C(=O)NCC2CC2(C)C)c1. The summed E-state index contributed by atoms with van der Waals surface area (Å²) in [6, 6.07) is 5.06. The van der Waals surface area contributed by atoms with E-state index in [1.807, 2.05) is 0 Å². The molecule has 0 aromatic heterocycles. The molecular formula is C14H20N2O2. The van der Waals surface area contributed by atoms with Crippen molar-refractivity contribution in [2.45, 2.75) is 20.3 Å². The fourth-order valence-corrected chi connectivity index (χ4v) is 2.11. The molecular weight excluding hydrogens is 228 g/mol. The summed E-state index contributed by atoms with van der Waals surface area (Å²) < 4.78 is 5.10. The van der Waals surface area contributed by atoms with E-state index >= 15 is 0 Å². The Bertz CT molecular complexity index is 469. The van der Waals surface area contributed by atoms with Gasteiger partial charge in [0.05, 0.1) is 7.11 Å². The Morgan fingerprint density at radius 3 is 2.72 bits per heavy atom. The van der Waals surface area contributed by atoms with Gasteiger partial charge in [-0.05, 0) is 29.9 Å². The van der Waals surface area contributed by atoms with Crippen molar-refractivity contribution < 1.29 is 9.53 Å². The van der Waals surface area contributed by atoms with Crippen molar-refractivity contribution in [1.82, 2.24) is 5.32 Å². The van der Waals surface area contributed by atoms with Gasteiger partial charge >= 0.3 is 0 Å². The van der Waals surface area contributed by atoms with E-state index < -0.39 is 0 Å². The van der Waals surface area contributed by atoms with Gasteiger partial charge in [-0.15, -0.1) is 0 Å². The highest BCUT2D eigenvalue weighted by atomic mass is 16.5. The van der Waals surface area contributed by atoms with Crippen molar-refractivity contribution >= 4 is 11.6 Å². The fraction of sp³-hybridized carbons (Fsp3) is 0.500. The first kappa shape index (κ1) is 12.7. The Labute approximate surface area is 108 Å². The Morgan fingerprint density at radius 1 is 1.50 bits per heavy atom. The van der Waals surface area contributed by atoms with Crippen LogP contribution in [0, 0.1) is 11.3 Å². The molecule has 1 atom stereocenters. The third-order valence-electron chi connectivity index (χ3n) is 3.65. The molecule has 4 nitrogen and oxygen atoms in total. The first-order chi connectivity index (χ1) is 8.42. The van der Waals surface area contributed by atoms with E-state index in [4.69, 9.17) is 10.5 Å². The molecule has 0 radical (unpaired) electrons. The van der Waals surface area contributed by atoms with Gasteiger partial charge in [-0.1, -0.05) is 13.8 Å². The predicted molar refractivity (Wildman–Crippen MR) is 71.6 cm³/mol. The van der Waals surface area contributed by atoms with Crippen LogP contribution in [0.4, 0.5) is 5.69 Å². The van der Waals surface area contributed by atoms with E-state index in [2.05, 4.69) is 19.2 Å². The molecule has 1 aromatic carbocycles. The van der Waals surface area contributed by atoms with Crippen molar-refractivity contribution in [3.05, 3.63) is 23.8 Å². The normalized spacial score (nSPS) is 20.3. The lowest BCUT2D eigenvalue weighted by Crippen LogP contribution is -2.26. The Kier molecular flexibility index (Phi) is 3.20. The van der Waals surface area contributed by atoms with Gasteiger partial charge in [0.15, 0.2) is 0 Å². The van der Waals surface area contributed by atoms with E-state index in [-0.39, 0.29) is 5.91 Å². The van der Waals surface area contributed by atoms with Crippen LogP contribution in [0.3, 0.4) is 0 Å². The number of nitrogens with one attached hydrogen (secondary N) is 1. The number of anilines is 1. The highest BCUT2D eigenvalue weighted by Gasteiger charge is 2.45. The topological polar surface area (TPSA) is 64.3 Å². The molecule has 1 aromatic rings. The molecule has 1 unspecified atom stereocenters. The maximum Gasteiger partial charge on any atom is 0.251 e. The van der Waals surface area contributed by atoms with Crippen molar-refractivity contribution in [2.24, 2.45) is 11.3 Å². The van der Waals surface area contributed by atoms with Crippen LogP contribution in [0.5, 0.6) is 5.75 Å². The summed E-state index contributed by atoms with van der Waals surface area (Å²) in [5, 5.41) is 2.94. The van der Waals surface area contributed by atoms with E-state index in [0.29, 0.717) is 28.3 Å². The molecule has 0 aliphatic heterocycles. The number of hydrogen-bond donors (Lipinski definition) is 2.